The predicted octanol–water partition coefficient (Wildman–Crippen LogP) is 2.77. The van der Waals surface area contributed by atoms with Gasteiger partial charge in [-0.2, -0.15) is 0 Å². The highest BCUT2D eigenvalue weighted by Gasteiger charge is 2.49. The zero-order valence-corrected chi connectivity index (χ0v) is 11.6. The average molecular weight is 261 g/mol. The number of rotatable bonds is 3. The lowest BCUT2D eigenvalue weighted by molar-refractivity contribution is -0.129. The standard InChI is InChI=1S/C15H19NO3/c1-4-13(17)16-12(15(2,3)19-14(16)18)10-11-8-6-5-7-9-11/h5-9,12H,4,10H2,1-3H3/t12-/m0/s1. The van der Waals surface area contributed by atoms with Gasteiger partial charge >= 0.3 is 6.09 Å². The van der Waals surface area contributed by atoms with E-state index >= 15 is 0 Å². The molecule has 2 rings (SSSR count). The number of imide groups is 1. The van der Waals surface area contributed by atoms with Crippen LogP contribution in [-0.4, -0.2) is 28.5 Å². The van der Waals surface area contributed by atoms with Gasteiger partial charge in [0.2, 0.25) is 5.91 Å². The lowest BCUT2D eigenvalue weighted by Gasteiger charge is -2.27. The minimum atomic E-state index is -0.655. The highest BCUT2D eigenvalue weighted by molar-refractivity contribution is 5.94. The maximum atomic E-state index is 11.9. The van der Waals surface area contributed by atoms with Crippen LogP contribution in [0.1, 0.15) is 32.8 Å². The molecule has 1 aromatic carbocycles. The van der Waals surface area contributed by atoms with Gasteiger partial charge in [0.25, 0.3) is 0 Å². The lowest BCUT2D eigenvalue weighted by Crippen LogP contribution is -2.45. The van der Waals surface area contributed by atoms with E-state index < -0.39 is 11.7 Å². The summed E-state index contributed by atoms with van der Waals surface area (Å²) in [6, 6.07) is 9.58. The Bertz CT molecular complexity index is 481. The van der Waals surface area contributed by atoms with Crippen molar-refractivity contribution in [1.29, 1.82) is 0 Å². The molecule has 0 aliphatic carbocycles. The van der Waals surface area contributed by atoms with E-state index in [-0.39, 0.29) is 11.9 Å². The number of benzene rings is 1. The summed E-state index contributed by atoms with van der Waals surface area (Å²) in [5, 5.41) is 0. The number of cyclic esters (lactones) is 1. The van der Waals surface area contributed by atoms with Gasteiger partial charge in [0.05, 0.1) is 6.04 Å². The fourth-order valence-electron chi connectivity index (χ4n) is 2.40. The Morgan fingerprint density at radius 1 is 1.32 bits per heavy atom. The van der Waals surface area contributed by atoms with Crippen LogP contribution in [0, 0.1) is 0 Å². The Balaban J connectivity index is 2.28. The molecule has 1 aliphatic rings. The minimum Gasteiger partial charge on any atom is -0.441 e. The van der Waals surface area contributed by atoms with Crippen LogP contribution in [0.4, 0.5) is 4.79 Å². The Kier molecular flexibility index (Phi) is 3.60. The number of amides is 2. The average Bonchev–Trinajstić information content (AvgIpc) is 2.59. The molecular weight excluding hydrogens is 242 g/mol. The van der Waals surface area contributed by atoms with E-state index in [4.69, 9.17) is 4.74 Å². The summed E-state index contributed by atoms with van der Waals surface area (Å²) in [5.74, 6) is -0.184. The van der Waals surface area contributed by atoms with Crippen LogP contribution in [0.3, 0.4) is 0 Å². The molecule has 4 heteroatoms. The van der Waals surface area contributed by atoms with Crippen molar-refractivity contribution in [3.63, 3.8) is 0 Å². The third-order valence-electron chi connectivity index (χ3n) is 3.50. The van der Waals surface area contributed by atoms with Crippen molar-refractivity contribution in [2.45, 2.75) is 45.3 Å². The molecule has 0 bridgehead atoms. The third-order valence-corrected chi connectivity index (χ3v) is 3.50. The zero-order valence-electron chi connectivity index (χ0n) is 11.6. The summed E-state index contributed by atoms with van der Waals surface area (Å²) in [4.78, 5) is 25.1. The van der Waals surface area contributed by atoms with Crippen LogP contribution in [0.2, 0.25) is 0 Å². The number of hydrogen-bond donors (Lipinski definition) is 0. The van der Waals surface area contributed by atoms with Crippen molar-refractivity contribution >= 4 is 12.0 Å². The van der Waals surface area contributed by atoms with Gasteiger partial charge in [-0.15, -0.1) is 0 Å². The van der Waals surface area contributed by atoms with Gasteiger partial charge in [0.15, 0.2) is 0 Å². The lowest BCUT2D eigenvalue weighted by atomic mass is 9.92. The first-order valence-electron chi connectivity index (χ1n) is 6.54. The van der Waals surface area contributed by atoms with E-state index in [0.29, 0.717) is 12.8 Å². The number of nitrogens with zero attached hydrogens (tertiary/aromatic N) is 1. The minimum absolute atomic E-state index is 0.184. The molecule has 1 fully saturated rings. The normalized spacial score (nSPS) is 21.3. The molecular formula is C15H19NO3. The van der Waals surface area contributed by atoms with E-state index in [0.717, 1.165) is 5.56 Å². The number of carbonyl (C=O) groups excluding carboxylic acids is 2. The molecule has 1 aliphatic heterocycles. The van der Waals surface area contributed by atoms with E-state index in [2.05, 4.69) is 0 Å². The Hall–Kier alpha value is -1.84. The molecule has 1 aromatic rings. The molecule has 0 spiro atoms. The smallest absolute Gasteiger partial charge is 0.417 e. The molecule has 2 amide bonds. The van der Waals surface area contributed by atoms with E-state index in [1.807, 2.05) is 44.2 Å². The van der Waals surface area contributed by atoms with E-state index in [9.17, 15) is 9.59 Å². The topological polar surface area (TPSA) is 46.6 Å². The van der Waals surface area contributed by atoms with Gasteiger partial charge < -0.3 is 4.74 Å². The van der Waals surface area contributed by atoms with Crippen LogP contribution >= 0.6 is 0 Å². The fourth-order valence-corrected chi connectivity index (χ4v) is 2.40. The number of hydrogen-bond acceptors (Lipinski definition) is 3. The summed E-state index contributed by atoms with van der Waals surface area (Å²) < 4.78 is 5.34. The predicted molar refractivity (Wildman–Crippen MR) is 71.6 cm³/mol. The van der Waals surface area contributed by atoms with Gasteiger partial charge in [0, 0.05) is 6.42 Å². The highest BCUT2D eigenvalue weighted by atomic mass is 16.6. The van der Waals surface area contributed by atoms with Crippen molar-refractivity contribution in [2.24, 2.45) is 0 Å². The first kappa shape index (κ1) is 13.6. The maximum Gasteiger partial charge on any atom is 0.417 e. The van der Waals surface area contributed by atoms with Crippen LogP contribution in [-0.2, 0) is 16.0 Å². The molecule has 4 nitrogen and oxygen atoms in total. The monoisotopic (exact) mass is 261 g/mol. The van der Waals surface area contributed by atoms with E-state index in [1.54, 1.807) is 6.92 Å². The van der Waals surface area contributed by atoms with Crippen LogP contribution in [0.25, 0.3) is 0 Å². The van der Waals surface area contributed by atoms with Crippen molar-refractivity contribution in [2.75, 3.05) is 0 Å². The van der Waals surface area contributed by atoms with Gasteiger partial charge in [0.1, 0.15) is 5.60 Å². The molecule has 0 radical (unpaired) electrons. The second-order valence-electron chi connectivity index (χ2n) is 5.29. The summed E-state index contributed by atoms with van der Waals surface area (Å²) in [5.41, 5.74) is 0.436. The van der Waals surface area contributed by atoms with Crippen molar-refractivity contribution in [3.8, 4) is 0 Å². The summed E-state index contributed by atoms with van der Waals surface area (Å²) in [7, 11) is 0. The second-order valence-corrected chi connectivity index (χ2v) is 5.29. The summed E-state index contributed by atoms with van der Waals surface area (Å²) >= 11 is 0. The molecule has 0 N–H and O–H groups in total. The SMILES string of the molecule is CCC(=O)N1C(=O)OC(C)(C)[C@@H]1Cc1ccccc1. The first-order chi connectivity index (χ1) is 8.95. The molecule has 19 heavy (non-hydrogen) atoms. The summed E-state index contributed by atoms with van der Waals surface area (Å²) in [6.45, 7) is 5.45. The molecule has 0 unspecified atom stereocenters. The third kappa shape index (κ3) is 2.62. The largest absolute Gasteiger partial charge is 0.441 e. The van der Waals surface area contributed by atoms with Crippen molar-refractivity contribution < 1.29 is 14.3 Å². The maximum absolute atomic E-state index is 11.9. The van der Waals surface area contributed by atoms with Crippen LogP contribution < -0.4 is 0 Å². The van der Waals surface area contributed by atoms with Crippen LogP contribution in [0.15, 0.2) is 30.3 Å². The van der Waals surface area contributed by atoms with Gasteiger partial charge in [-0.05, 0) is 25.8 Å². The van der Waals surface area contributed by atoms with E-state index in [1.165, 1.54) is 4.90 Å². The van der Waals surface area contributed by atoms with Gasteiger partial charge in [-0.25, -0.2) is 9.69 Å². The summed E-state index contributed by atoms with van der Waals surface area (Å²) in [6.07, 6.45) is 0.389. The second kappa shape index (κ2) is 5.03. The van der Waals surface area contributed by atoms with Gasteiger partial charge in [-0.1, -0.05) is 37.3 Å². The highest BCUT2D eigenvalue weighted by Crippen LogP contribution is 2.32. The number of ether oxygens (including phenoxy) is 1. The zero-order chi connectivity index (χ0) is 14.0. The number of carbonyl (C=O) groups is 2. The quantitative estimate of drug-likeness (QED) is 0.840. The molecule has 1 heterocycles. The Labute approximate surface area is 113 Å². The van der Waals surface area contributed by atoms with Crippen molar-refractivity contribution in [3.05, 3.63) is 35.9 Å². The molecule has 1 saturated heterocycles. The Morgan fingerprint density at radius 3 is 2.53 bits per heavy atom. The van der Waals surface area contributed by atoms with Gasteiger partial charge in [-0.3, -0.25) is 4.79 Å². The van der Waals surface area contributed by atoms with Crippen LogP contribution in [0.5, 0.6) is 0 Å². The first-order valence-corrected chi connectivity index (χ1v) is 6.54. The molecule has 1 atom stereocenters. The molecule has 0 saturated carbocycles. The molecule has 102 valence electrons. The Morgan fingerprint density at radius 2 is 1.95 bits per heavy atom. The fraction of sp³-hybridized carbons (Fsp3) is 0.467. The molecule has 0 aromatic heterocycles. The van der Waals surface area contributed by atoms with Crippen molar-refractivity contribution in [1.82, 2.24) is 4.90 Å².